The van der Waals surface area contributed by atoms with Gasteiger partial charge in [0.2, 0.25) is 5.95 Å². The summed E-state index contributed by atoms with van der Waals surface area (Å²) in [4.78, 5) is 11.4. The van der Waals surface area contributed by atoms with Gasteiger partial charge in [0.05, 0.1) is 0 Å². The maximum Gasteiger partial charge on any atom is 0.225 e. The van der Waals surface area contributed by atoms with Gasteiger partial charge in [0.15, 0.2) is 5.82 Å². The topological polar surface area (TPSA) is 77.5 Å². The summed E-state index contributed by atoms with van der Waals surface area (Å²) in [5.41, 5.74) is 1.18. The Bertz CT molecular complexity index is 874. The molecule has 0 unspecified atom stereocenters. The molecular weight excluding hydrogens is 352 g/mol. The molecule has 0 bridgehead atoms. The van der Waals surface area contributed by atoms with Crippen molar-refractivity contribution >= 4 is 5.95 Å². The second-order valence-electron chi connectivity index (χ2n) is 7.65. The minimum Gasteiger partial charge on any atom is -0.341 e. The number of rotatable bonds is 6. The Morgan fingerprint density at radius 2 is 1.86 bits per heavy atom. The van der Waals surface area contributed by atoms with E-state index >= 15 is 0 Å². The second kappa shape index (κ2) is 8.08. The first-order chi connectivity index (χ1) is 13.7. The van der Waals surface area contributed by atoms with E-state index in [1.54, 1.807) is 6.20 Å². The van der Waals surface area contributed by atoms with Gasteiger partial charge in [-0.2, -0.15) is 5.10 Å². The van der Waals surface area contributed by atoms with Crippen LogP contribution in [0, 0.1) is 0 Å². The molecule has 1 aliphatic heterocycles. The van der Waals surface area contributed by atoms with Gasteiger partial charge in [0.1, 0.15) is 12.4 Å². The van der Waals surface area contributed by atoms with Crippen LogP contribution >= 0.6 is 0 Å². The summed E-state index contributed by atoms with van der Waals surface area (Å²) >= 11 is 0. The SMILES string of the molecule is CCn1c(Cn2cccn2)nnc1C1CCN(c2ncc(C(C)C)cn2)CC1. The van der Waals surface area contributed by atoms with Crippen molar-refractivity contribution in [3.63, 3.8) is 0 Å². The summed E-state index contributed by atoms with van der Waals surface area (Å²) in [6, 6.07) is 1.93. The zero-order valence-corrected chi connectivity index (χ0v) is 16.9. The Kier molecular flexibility index (Phi) is 5.36. The molecular formula is C20H28N8. The molecule has 8 heteroatoms. The molecule has 3 aromatic rings. The van der Waals surface area contributed by atoms with Crippen LogP contribution in [0.2, 0.25) is 0 Å². The second-order valence-corrected chi connectivity index (χ2v) is 7.65. The number of aromatic nitrogens is 7. The number of nitrogens with zero attached hydrogens (tertiary/aromatic N) is 8. The van der Waals surface area contributed by atoms with E-state index in [1.165, 1.54) is 5.56 Å². The molecule has 148 valence electrons. The molecule has 3 aromatic heterocycles. The van der Waals surface area contributed by atoms with Gasteiger partial charge in [-0.25, -0.2) is 9.97 Å². The summed E-state index contributed by atoms with van der Waals surface area (Å²) in [6.45, 7) is 9.89. The van der Waals surface area contributed by atoms with Crippen LogP contribution in [0.4, 0.5) is 5.95 Å². The zero-order valence-electron chi connectivity index (χ0n) is 16.9. The van der Waals surface area contributed by atoms with Crippen molar-refractivity contribution < 1.29 is 0 Å². The highest BCUT2D eigenvalue weighted by Crippen LogP contribution is 2.29. The molecule has 1 fully saturated rings. The van der Waals surface area contributed by atoms with E-state index in [0.717, 1.165) is 50.1 Å². The molecule has 8 nitrogen and oxygen atoms in total. The lowest BCUT2D eigenvalue weighted by Crippen LogP contribution is -2.35. The summed E-state index contributed by atoms with van der Waals surface area (Å²) < 4.78 is 4.14. The van der Waals surface area contributed by atoms with Crippen LogP contribution in [0.5, 0.6) is 0 Å². The van der Waals surface area contributed by atoms with Gasteiger partial charge in [0, 0.05) is 50.3 Å². The summed E-state index contributed by atoms with van der Waals surface area (Å²) in [7, 11) is 0. The molecule has 1 aliphatic rings. The van der Waals surface area contributed by atoms with Crippen molar-refractivity contribution in [2.45, 2.75) is 58.5 Å². The van der Waals surface area contributed by atoms with E-state index < -0.39 is 0 Å². The lowest BCUT2D eigenvalue weighted by Gasteiger charge is -2.31. The number of anilines is 1. The molecule has 0 atom stereocenters. The first-order valence-electron chi connectivity index (χ1n) is 10.1. The van der Waals surface area contributed by atoms with Gasteiger partial charge < -0.3 is 9.47 Å². The van der Waals surface area contributed by atoms with Crippen LogP contribution in [0.3, 0.4) is 0 Å². The lowest BCUT2D eigenvalue weighted by atomic mass is 9.96. The lowest BCUT2D eigenvalue weighted by molar-refractivity contribution is 0.459. The van der Waals surface area contributed by atoms with Crippen LogP contribution in [-0.4, -0.2) is 47.6 Å². The van der Waals surface area contributed by atoms with Crippen LogP contribution in [-0.2, 0) is 13.1 Å². The van der Waals surface area contributed by atoms with Gasteiger partial charge >= 0.3 is 0 Å². The normalized spacial score (nSPS) is 15.5. The fraction of sp³-hybridized carbons (Fsp3) is 0.550. The van der Waals surface area contributed by atoms with E-state index in [1.807, 2.05) is 29.3 Å². The van der Waals surface area contributed by atoms with Crippen molar-refractivity contribution in [3.05, 3.63) is 48.1 Å². The molecule has 28 heavy (non-hydrogen) atoms. The van der Waals surface area contributed by atoms with Gasteiger partial charge in [0.25, 0.3) is 0 Å². The minimum absolute atomic E-state index is 0.421. The molecule has 0 N–H and O–H groups in total. The van der Waals surface area contributed by atoms with Gasteiger partial charge in [-0.3, -0.25) is 4.68 Å². The van der Waals surface area contributed by atoms with Crippen molar-refractivity contribution in [1.82, 2.24) is 34.5 Å². The van der Waals surface area contributed by atoms with Crippen LogP contribution in [0.25, 0.3) is 0 Å². The van der Waals surface area contributed by atoms with Crippen molar-refractivity contribution in [3.8, 4) is 0 Å². The van der Waals surface area contributed by atoms with Crippen molar-refractivity contribution in [1.29, 1.82) is 0 Å². The largest absolute Gasteiger partial charge is 0.341 e. The van der Waals surface area contributed by atoms with Crippen molar-refractivity contribution in [2.24, 2.45) is 0 Å². The molecule has 0 spiro atoms. The van der Waals surface area contributed by atoms with Crippen LogP contribution in [0.15, 0.2) is 30.9 Å². The van der Waals surface area contributed by atoms with Gasteiger partial charge in [-0.1, -0.05) is 13.8 Å². The maximum atomic E-state index is 4.57. The van der Waals surface area contributed by atoms with Gasteiger partial charge in [-0.15, -0.1) is 10.2 Å². The third-order valence-corrected chi connectivity index (χ3v) is 5.50. The average molecular weight is 381 g/mol. The molecule has 0 aromatic carbocycles. The summed E-state index contributed by atoms with van der Waals surface area (Å²) in [5.74, 6) is 3.77. The number of hydrogen-bond acceptors (Lipinski definition) is 6. The summed E-state index contributed by atoms with van der Waals surface area (Å²) in [5, 5.41) is 13.3. The first-order valence-corrected chi connectivity index (χ1v) is 10.1. The maximum absolute atomic E-state index is 4.57. The number of hydrogen-bond donors (Lipinski definition) is 0. The number of piperidine rings is 1. The fourth-order valence-corrected chi connectivity index (χ4v) is 3.78. The fourth-order valence-electron chi connectivity index (χ4n) is 3.78. The van der Waals surface area contributed by atoms with Crippen LogP contribution < -0.4 is 4.90 Å². The molecule has 0 aliphatic carbocycles. The summed E-state index contributed by atoms with van der Waals surface area (Å²) in [6.07, 6.45) is 9.73. The van der Waals surface area contributed by atoms with E-state index in [0.29, 0.717) is 18.4 Å². The molecule has 1 saturated heterocycles. The Labute approximate surface area is 165 Å². The smallest absolute Gasteiger partial charge is 0.225 e. The van der Waals surface area contributed by atoms with Crippen molar-refractivity contribution in [2.75, 3.05) is 18.0 Å². The zero-order chi connectivity index (χ0) is 19.5. The molecule has 4 rings (SSSR count). The monoisotopic (exact) mass is 380 g/mol. The quantitative estimate of drug-likeness (QED) is 0.654. The predicted octanol–water partition coefficient (Wildman–Crippen LogP) is 2.84. The van der Waals surface area contributed by atoms with E-state index in [4.69, 9.17) is 0 Å². The van der Waals surface area contributed by atoms with E-state index in [-0.39, 0.29) is 0 Å². The standard InChI is InChI=1S/C20H28N8/c1-4-28-18(14-27-9-5-8-23-27)24-25-19(28)16-6-10-26(11-7-16)20-21-12-17(13-22-20)15(2)3/h5,8-9,12-13,15-16H,4,6-7,10-11,14H2,1-3H3. The van der Waals surface area contributed by atoms with E-state index in [9.17, 15) is 0 Å². The highest BCUT2D eigenvalue weighted by molar-refractivity contribution is 5.31. The molecule has 0 radical (unpaired) electrons. The highest BCUT2D eigenvalue weighted by Gasteiger charge is 2.27. The Morgan fingerprint density at radius 3 is 2.46 bits per heavy atom. The van der Waals surface area contributed by atoms with Crippen LogP contribution in [0.1, 0.15) is 62.7 Å². The third-order valence-electron chi connectivity index (χ3n) is 5.50. The Balaban J connectivity index is 1.43. The predicted molar refractivity (Wildman–Crippen MR) is 107 cm³/mol. The molecule has 0 amide bonds. The van der Waals surface area contributed by atoms with Gasteiger partial charge in [-0.05, 0) is 37.3 Å². The average Bonchev–Trinajstić information content (AvgIpc) is 3.38. The molecule has 4 heterocycles. The Hall–Kier alpha value is -2.77. The first kappa shape index (κ1) is 18.6. The minimum atomic E-state index is 0.421. The highest BCUT2D eigenvalue weighted by atomic mass is 15.3. The Morgan fingerprint density at radius 1 is 1.11 bits per heavy atom. The molecule has 0 saturated carbocycles. The van der Waals surface area contributed by atoms with E-state index in [2.05, 4.69) is 55.5 Å². The third kappa shape index (κ3) is 3.76.